The maximum Gasteiger partial charge on any atom is 0.147 e. The topological polar surface area (TPSA) is 41.5 Å². The zero-order valence-corrected chi connectivity index (χ0v) is 14.8. The first kappa shape index (κ1) is 15.6. The second kappa shape index (κ2) is 6.57. The fraction of sp³-hybridized carbons (Fsp3) is 0.333. The van der Waals surface area contributed by atoms with E-state index in [1.54, 1.807) is 0 Å². The number of hydrogen-bond donors (Lipinski definition) is 0. The molecule has 26 heavy (non-hydrogen) atoms. The average Bonchev–Trinajstić information content (AvgIpc) is 3.16. The summed E-state index contributed by atoms with van der Waals surface area (Å²) in [6.45, 7) is 5.89. The van der Waals surface area contributed by atoms with Crippen LogP contribution < -0.4 is 9.64 Å². The molecular formula is C21H22N4O. The molecule has 2 aromatic carbocycles. The molecule has 2 aliphatic heterocycles. The molecule has 0 unspecified atom stereocenters. The summed E-state index contributed by atoms with van der Waals surface area (Å²) in [6, 6.07) is 14.7. The SMILES string of the molecule is c1ccc2nc(N3CCN(Cc4ccc5c(c4)CCO5)CC3)cnc2c1. The first-order valence-electron chi connectivity index (χ1n) is 9.29. The second-order valence-electron chi connectivity index (χ2n) is 7.02. The molecule has 0 bridgehead atoms. The van der Waals surface area contributed by atoms with Gasteiger partial charge in [0.1, 0.15) is 11.6 Å². The molecule has 5 nitrogen and oxygen atoms in total. The zero-order valence-electron chi connectivity index (χ0n) is 14.8. The minimum atomic E-state index is 0.824. The van der Waals surface area contributed by atoms with Gasteiger partial charge in [-0.05, 0) is 29.3 Å². The first-order chi connectivity index (χ1) is 12.8. The number of para-hydroxylation sites is 2. The number of aromatic nitrogens is 2. The Balaban J connectivity index is 1.24. The van der Waals surface area contributed by atoms with E-state index in [4.69, 9.17) is 9.72 Å². The van der Waals surface area contributed by atoms with Crippen molar-refractivity contribution in [2.45, 2.75) is 13.0 Å². The van der Waals surface area contributed by atoms with Crippen LogP contribution in [0.4, 0.5) is 5.82 Å². The molecule has 1 aromatic heterocycles. The number of nitrogens with zero attached hydrogens (tertiary/aromatic N) is 4. The van der Waals surface area contributed by atoms with E-state index in [0.29, 0.717) is 0 Å². The molecule has 5 rings (SSSR count). The van der Waals surface area contributed by atoms with Gasteiger partial charge >= 0.3 is 0 Å². The number of piperazine rings is 1. The van der Waals surface area contributed by atoms with Crippen LogP contribution in [0.2, 0.25) is 0 Å². The summed E-state index contributed by atoms with van der Waals surface area (Å²) in [7, 11) is 0. The summed E-state index contributed by atoms with van der Waals surface area (Å²) in [5, 5.41) is 0. The standard InChI is InChI=1S/C21H22N4O/c1-2-4-19-18(3-1)22-14-21(23-19)25-10-8-24(9-11-25)15-16-5-6-20-17(13-16)7-12-26-20/h1-6,13-14H,7-12,15H2. The third-order valence-corrected chi connectivity index (χ3v) is 5.29. The van der Waals surface area contributed by atoms with E-state index in [9.17, 15) is 0 Å². The fourth-order valence-corrected chi connectivity index (χ4v) is 3.83. The Labute approximate surface area is 153 Å². The molecule has 3 heterocycles. The number of rotatable bonds is 3. The van der Waals surface area contributed by atoms with Crippen LogP contribution in [0.3, 0.4) is 0 Å². The summed E-state index contributed by atoms with van der Waals surface area (Å²) in [4.78, 5) is 14.2. The Morgan fingerprint density at radius 3 is 2.69 bits per heavy atom. The van der Waals surface area contributed by atoms with Crippen LogP contribution in [0.15, 0.2) is 48.7 Å². The van der Waals surface area contributed by atoms with Crippen molar-refractivity contribution in [2.24, 2.45) is 0 Å². The average molecular weight is 346 g/mol. The van der Waals surface area contributed by atoms with E-state index in [2.05, 4.69) is 33.0 Å². The number of ether oxygens (including phenoxy) is 1. The lowest BCUT2D eigenvalue weighted by atomic mass is 10.1. The highest BCUT2D eigenvalue weighted by molar-refractivity contribution is 5.75. The van der Waals surface area contributed by atoms with Crippen LogP contribution in [-0.4, -0.2) is 47.7 Å². The smallest absolute Gasteiger partial charge is 0.147 e. The summed E-state index contributed by atoms with van der Waals surface area (Å²) >= 11 is 0. The van der Waals surface area contributed by atoms with Gasteiger partial charge in [0.25, 0.3) is 0 Å². The lowest BCUT2D eigenvalue weighted by Crippen LogP contribution is -2.46. The minimum absolute atomic E-state index is 0.824. The van der Waals surface area contributed by atoms with Crippen LogP contribution >= 0.6 is 0 Å². The number of benzene rings is 2. The van der Waals surface area contributed by atoms with Gasteiger partial charge in [-0.15, -0.1) is 0 Å². The molecule has 0 N–H and O–H groups in total. The van der Waals surface area contributed by atoms with Crippen molar-refractivity contribution in [3.63, 3.8) is 0 Å². The van der Waals surface area contributed by atoms with E-state index >= 15 is 0 Å². The molecule has 0 amide bonds. The van der Waals surface area contributed by atoms with E-state index < -0.39 is 0 Å². The van der Waals surface area contributed by atoms with E-state index in [1.807, 2.05) is 30.5 Å². The van der Waals surface area contributed by atoms with Crippen molar-refractivity contribution < 1.29 is 4.74 Å². The van der Waals surface area contributed by atoms with Crippen molar-refractivity contribution in [3.8, 4) is 5.75 Å². The van der Waals surface area contributed by atoms with Crippen molar-refractivity contribution in [1.82, 2.24) is 14.9 Å². The highest BCUT2D eigenvalue weighted by Crippen LogP contribution is 2.26. The Morgan fingerprint density at radius 2 is 1.81 bits per heavy atom. The zero-order chi connectivity index (χ0) is 17.3. The van der Waals surface area contributed by atoms with Crippen LogP contribution in [-0.2, 0) is 13.0 Å². The molecule has 1 saturated heterocycles. The summed E-state index contributed by atoms with van der Waals surface area (Å²) in [5.74, 6) is 2.05. The monoisotopic (exact) mass is 346 g/mol. The van der Waals surface area contributed by atoms with Gasteiger partial charge < -0.3 is 9.64 Å². The van der Waals surface area contributed by atoms with Gasteiger partial charge in [-0.2, -0.15) is 0 Å². The normalized spacial score (nSPS) is 17.3. The molecule has 1 fully saturated rings. The molecule has 0 atom stereocenters. The molecule has 0 radical (unpaired) electrons. The number of fused-ring (bicyclic) bond motifs is 2. The Bertz CT molecular complexity index is 934. The van der Waals surface area contributed by atoms with Crippen LogP contribution in [0.5, 0.6) is 5.75 Å². The van der Waals surface area contributed by atoms with Gasteiger partial charge in [-0.1, -0.05) is 24.3 Å². The Morgan fingerprint density at radius 1 is 0.962 bits per heavy atom. The van der Waals surface area contributed by atoms with Crippen molar-refractivity contribution in [3.05, 3.63) is 59.8 Å². The predicted molar refractivity (Wildman–Crippen MR) is 103 cm³/mol. The van der Waals surface area contributed by atoms with E-state index in [1.165, 1.54) is 11.1 Å². The number of anilines is 1. The van der Waals surface area contributed by atoms with E-state index in [0.717, 1.165) is 68.4 Å². The highest BCUT2D eigenvalue weighted by Gasteiger charge is 2.19. The lowest BCUT2D eigenvalue weighted by molar-refractivity contribution is 0.249. The van der Waals surface area contributed by atoms with Gasteiger partial charge in [-0.3, -0.25) is 9.88 Å². The molecule has 0 aliphatic carbocycles. The van der Waals surface area contributed by atoms with Crippen molar-refractivity contribution in [2.75, 3.05) is 37.7 Å². The van der Waals surface area contributed by atoms with Crippen molar-refractivity contribution in [1.29, 1.82) is 0 Å². The molecule has 0 spiro atoms. The Kier molecular flexibility index (Phi) is 3.94. The quantitative estimate of drug-likeness (QED) is 0.729. The van der Waals surface area contributed by atoms with Crippen molar-refractivity contribution >= 4 is 16.9 Å². The molecule has 2 aliphatic rings. The maximum absolute atomic E-state index is 5.60. The predicted octanol–water partition coefficient (Wildman–Crippen LogP) is 2.89. The minimum Gasteiger partial charge on any atom is -0.493 e. The molecule has 132 valence electrons. The van der Waals surface area contributed by atoms with Gasteiger partial charge in [0.15, 0.2) is 0 Å². The van der Waals surface area contributed by atoms with Crippen LogP contribution in [0.1, 0.15) is 11.1 Å². The summed E-state index contributed by atoms with van der Waals surface area (Å²) in [5.41, 5.74) is 4.66. The molecular weight excluding hydrogens is 324 g/mol. The summed E-state index contributed by atoms with van der Waals surface area (Å²) < 4.78 is 5.60. The van der Waals surface area contributed by atoms with Gasteiger partial charge in [0.05, 0.1) is 23.8 Å². The molecule has 3 aromatic rings. The fourth-order valence-electron chi connectivity index (χ4n) is 3.83. The largest absolute Gasteiger partial charge is 0.493 e. The number of hydrogen-bond acceptors (Lipinski definition) is 5. The molecule has 0 saturated carbocycles. The maximum atomic E-state index is 5.60. The van der Waals surface area contributed by atoms with Gasteiger partial charge in [-0.25, -0.2) is 4.98 Å². The van der Waals surface area contributed by atoms with Gasteiger partial charge in [0, 0.05) is 39.1 Å². The van der Waals surface area contributed by atoms with Crippen LogP contribution in [0, 0.1) is 0 Å². The molecule has 5 heteroatoms. The van der Waals surface area contributed by atoms with Gasteiger partial charge in [0.2, 0.25) is 0 Å². The third kappa shape index (κ3) is 2.99. The second-order valence-corrected chi connectivity index (χ2v) is 7.02. The lowest BCUT2D eigenvalue weighted by Gasteiger charge is -2.35. The summed E-state index contributed by atoms with van der Waals surface area (Å²) in [6.07, 6.45) is 2.94. The first-order valence-corrected chi connectivity index (χ1v) is 9.29. The Hall–Kier alpha value is -2.66. The highest BCUT2D eigenvalue weighted by atomic mass is 16.5. The third-order valence-electron chi connectivity index (χ3n) is 5.29. The van der Waals surface area contributed by atoms with E-state index in [-0.39, 0.29) is 0 Å². The van der Waals surface area contributed by atoms with Crippen LogP contribution in [0.25, 0.3) is 11.0 Å².